The Labute approximate surface area is 117 Å². The van der Waals surface area contributed by atoms with Gasteiger partial charge in [-0.3, -0.25) is 9.59 Å². The molecule has 0 spiro atoms. The molecule has 20 heavy (non-hydrogen) atoms. The molecule has 1 aliphatic carbocycles. The third-order valence-corrected chi connectivity index (χ3v) is 3.69. The molecule has 0 radical (unpaired) electrons. The molecule has 1 aromatic rings. The van der Waals surface area contributed by atoms with E-state index in [4.69, 9.17) is 9.52 Å². The first-order valence-corrected chi connectivity index (χ1v) is 6.80. The molecule has 0 aliphatic heterocycles. The molecule has 0 bridgehead atoms. The Morgan fingerprint density at radius 1 is 1.30 bits per heavy atom. The highest BCUT2D eigenvalue weighted by Crippen LogP contribution is 2.32. The van der Waals surface area contributed by atoms with Gasteiger partial charge in [0.05, 0.1) is 12.5 Å². The van der Waals surface area contributed by atoms with Gasteiger partial charge in [0.15, 0.2) is 0 Å². The zero-order chi connectivity index (χ0) is 14.7. The lowest BCUT2D eigenvalue weighted by atomic mass is 10.0. The Morgan fingerprint density at radius 2 is 1.95 bits per heavy atom. The van der Waals surface area contributed by atoms with Crippen molar-refractivity contribution in [2.45, 2.75) is 39.2 Å². The maximum Gasteiger partial charge on any atom is 0.306 e. The summed E-state index contributed by atoms with van der Waals surface area (Å²) in [6.07, 6.45) is 2.28. The average Bonchev–Trinajstić information content (AvgIpc) is 3.06. The van der Waals surface area contributed by atoms with E-state index >= 15 is 0 Å². The van der Waals surface area contributed by atoms with Gasteiger partial charge in [0.1, 0.15) is 0 Å². The second kappa shape index (κ2) is 6.02. The summed E-state index contributed by atoms with van der Waals surface area (Å²) in [5.41, 5.74) is 0. The van der Waals surface area contributed by atoms with Crippen molar-refractivity contribution >= 4 is 11.9 Å². The summed E-state index contributed by atoms with van der Waals surface area (Å²) in [5, 5.41) is 16.7. The standard InChI is InChI=1S/C13H19N3O4/c1-3-10-14-15-11(20-10)7-16(2)12(17)8-4-5-9(6-8)13(18)19/h8-9H,3-7H2,1-2H3,(H,18,19)/t8-,9+/m0/s1. The topological polar surface area (TPSA) is 96.5 Å². The van der Waals surface area contributed by atoms with E-state index < -0.39 is 11.9 Å². The highest BCUT2D eigenvalue weighted by atomic mass is 16.4. The fraction of sp³-hybridized carbons (Fsp3) is 0.692. The number of hydrogen-bond donors (Lipinski definition) is 1. The van der Waals surface area contributed by atoms with Gasteiger partial charge in [-0.15, -0.1) is 10.2 Å². The van der Waals surface area contributed by atoms with Crippen LogP contribution in [-0.2, 0) is 22.6 Å². The van der Waals surface area contributed by atoms with Gasteiger partial charge in [0.25, 0.3) is 0 Å². The van der Waals surface area contributed by atoms with Gasteiger partial charge in [0.2, 0.25) is 17.7 Å². The van der Waals surface area contributed by atoms with E-state index in [0.29, 0.717) is 37.5 Å². The predicted octanol–water partition coefficient (Wildman–Crippen LogP) is 1.09. The van der Waals surface area contributed by atoms with Crippen LogP contribution in [0.15, 0.2) is 4.42 Å². The lowest BCUT2D eigenvalue weighted by Crippen LogP contribution is -2.31. The fourth-order valence-electron chi connectivity index (χ4n) is 2.52. The van der Waals surface area contributed by atoms with Crippen molar-refractivity contribution in [3.05, 3.63) is 11.8 Å². The molecule has 0 unspecified atom stereocenters. The molecule has 1 fully saturated rings. The minimum Gasteiger partial charge on any atom is -0.481 e. The summed E-state index contributed by atoms with van der Waals surface area (Å²) in [4.78, 5) is 24.7. The Hall–Kier alpha value is -1.92. The second-order valence-corrected chi connectivity index (χ2v) is 5.18. The lowest BCUT2D eigenvalue weighted by molar-refractivity contribution is -0.141. The number of carboxylic acid groups (broad SMARTS) is 1. The van der Waals surface area contributed by atoms with E-state index in [1.807, 2.05) is 6.92 Å². The van der Waals surface area contributed by atoms with E-state index in [1.165, 1.54) is 4.90 Å². The third-order valence-electron chi connectivity index (χ3n) is 3.69. The van der Waals surface area contributed by atoms with Crippen LogP contribution in [0, 0.1) is 11.8 Å². The Balaban J connectivity index is 1.90. The van der Waals surface area contributed by atoms with Crippen LogP contribution in [0.2, 0.25) is 0 Å². The number of rotatable bonds is 5. The number of hydrogen-bond acceptors (Lipinski definition) is 5. The molecule has 1 saturated carbocycles. The minimum absolute atomic E-state index is 0.0509. The Bertz CT molecular complexity index is 500. The number of amides is 1. The zero-order valence-corrected chi connectivity index (χ0v) is 11.7. The van der Waals surface area contributed by atoms with Crippen molar-refractivity contribution in [2.24, 2.45) is 11.8 Å². The van der Waals surface area contributed by atoms with Crippen molar-refractivity contribution in [1.29, 1.82) is 0 Å². The van der Waals surface area contributed by atoms with Crippen LogP contribution in [-0.4, -0.2) is 39.1 Å². The summed E-state index contributed by atoms with van der Waals surface area (Å²) in [6.45, 7) is 2.18. The highest BCUT2D eigenvalue weighted by Gasteiger charge is 2.35. The summed E-state index contributed by atoms with van der Waals surface area (Å²) in [6, 6.07) is 0. The van der Waals surface area contributed by atoms with Gasteiger partial charge in [-0.25, -0.2) is 0 Å². The largest absolute Gasteiger partial charge is 0.481 e. The monoisotopic (exact) mass is 281 g/mol. The molecule has 1 heterocycles. The third kappa shape index (κ3) is 3.15. The number of aliphatic carboxylic acids is 1. The SMILES string of the molecule is CCc1nnc(CN(C)C(=O)[C@H]2CC[C@@H](C(=O)O)C2)o1. The van der Waals surface area contributed by atoms with Crippen molar-refractivity contribution in [1.82, 2.24) is 15.1 Å². The van der Waals surface area contributed by atoms with Crippen LogP contribution in [0.4, 0.5) is 0 Å². The van der Waals surface area contributed by atoms with E-state index in [2.05, 4.69) is 10.2 Å². The predicted molar refractivity (Wildman–Crippen MR) is 68.6 cm³/mol. The van der Waals surface area contributed by atoms with Gasteiger partial charge in [-0.1, -0.05) is 6.92 Å². The van der Waals surface area contributed by atoms with E-state index in [1.54, 1.807) is 7.05 Å². The van der Waals surface area contributed by atoms with Crippen LogP contribution >= 0.6 is 0 Å². The van der Waals surface area contributed by atoms with Gasteiger partial charge < -0.3 is 14.4 Å². The van der Waals surface area contributed by atoms with Crippen molar-refractivity contribution in [2.75, 3.05) is 7.05 Å². The number of aryl methyl sites for hydroxylation is 1. The number of aromatic nitrogens is 2. The quantitative estimate of drug-likeness (QED) is 0.867. The summed E-state index contributed by atoms with van der Waals surface area (Å²) >= 11 is 0. The molecule has 7 nitrogen and oxygen atoms in total. The van der Waals surface area contributed by atoms with Crippen molar-refractivity contribution in [3.63, 3.8) is 0 Å². The van der Waals surface area contributed by atoms with Crippen LogP contribution in [0.3, 0.4) is 0 Å². The first-order valence-electron chi connectivity index (χ1n) is 6.80. The normalized spacial score (nSPS) is 21.9. The minimum atomic E-state index is -0.813. The molecule has 1 aliphatic rings. The fourth-order valence-corrected chi connectivity index (χ4v) is 2.52. The molecule has 0 aromatic carbocycles. The van der Waals surface area contributed by atoms with Crippen molar-refractivity contribution in [3.8, 4) is 0 Å². The molecule has 1 amide bonds. The van der Waals surface area contributed by atoms with Crippen LogP contribution in [0.5, 0.6) is 0 Å². The number of carbonyl (C=O) groups is 2. The molecule has 110 valence electrons. The van der Waals surface area contributed by atoms with Gasteiger partial charge in [-0.05, 0) is 19.3 Å². The molecule has 2 rings (SSSR count). The second-order valence-electron chi connectivity index (χ2n) is 5.18. The van der Waals surface area contributed by atoms with Crippen LogP contribution < -0.4 is 0 Å². The molecule has 0 saturated heterocycles. The Kier molecular flexibility index (Phi) is 4.36. The maximum absolute atomic E-state index is 12.2. The maximum atomic E-state index is 12.2. The Morgan fingerprint density at radius 3 is 2.50 bits per heavy atom. The molecular weight excluding hydrogens is 262 g/mol. The molecule has 1 N–H and O–H groups in total. The van der Waals surface area contributed by atoms with Crippen LogP contribution in [0.25, 0.3) is 0 Å². The lowest BCUT2D eigenvalue weighted by Gasteiger charge is -2.19. The van der Waals surface area contributed by atoms with Gasteiger partial charge in [-0.2, -0.15) is 0 Å². The summed E-state index contributed by atoms with van der Waals surface area (Å²) in [5.74, 6) is -0.516. The number of carbonyl (C=O) groups excluding carboxylic acids is 1. The summed E-state index contributed by atoms with van der Waals surface area (Å²) in [7, 11) is 1.67. The molecule has 7 heteroatoms. The van der Waals surface area contributed by atoms with E-state index in [0.717, 1.165) is 0 Å². The number of carboxylic acids is 1. The molecule has 1 aromatic heterocycles. The van der Waals surface area contributed by atoms with Gasteiger partial charge >= 0.3 is 5.97 Å². The first kappa shape index (κ1) is 14.5. The molecule has 2 atom stereocenters. The van der Waals surface area contributed by atoms with Crippen molar-refractivity contribution < 1.29 is 19.1 Å². The highest BCUT2D eigenvalue weighted by molar-refractivity contribution is 5.80. The first-order chi connectivity index (χ1) is 9.51. The van der Waals surface area contributed by atoms with Crippen LogP contribution in [0.1, 0.15) is 38.0 Å². The van der Waals surface area contributed by atoms with Gasteiger partial charge in [0, 0.05) is 19.4 Å². The smallest absolute Gasteiger partial charge is 0.306 e. The average molecular weight is 281 g/mol. The molecular formula is C13H19N3O4. The summed E-state index contributed by atoms with van der Waals surface area (Å²) < 4.78 is 5.37. The van der Waals surface area contributed by atoms with E-state index in [9.17, 15) is 9.59 Å². The number of nitrogens with zero attached hydrogens (tertiary/aromatic N) is 3. The zero-order valence-electron chi connectivity index (χ0n) is 11.7. The van der Waals surface area contributed by atoms with E-state index in [-0.39, 0.29) is 18.4 Å².